The Kier molecular flexibility index (Phi) is 5.39. The highest BCUT2D eigenvalue weighted by molar-refractivity contribution is 7.17. The van der Waals surface area contributed by atoms with Gasteiger partial charge in [-0.25, -0.2) is 9.18 Å². The fourth-order valence-electron chi connectivity index (χ4n) is 3.26. The molecular formula is C19H23FN2O2S. The molecule has 2 N–H and O–H groups in total. The second kappa shape index (κ2) is 7.54. The Morgan fingerprint density at radius 2 is 1.96 bits per heavy atom. The van der Waals surface area contributed by atoms with Crippen molar-refractivity contribution in [2.75, 3.05) is 25.9 Å². The summed E-state index contributed by atoms with van der Waals surface area (Å²) in [6.07, 6.45) is 2.35. The van der Waals surface area contributed by atoms with Gasteiger partial charge >= 0.3 is 5.97 Å². The predicted molar refractivity (Wildman–Crippen MR) is 99.1 cm³/mol. The molecule has 1 saturated heterocycles. The number of rotatable bonds is 4. The van der Waals surface area contributed by atoms with Gasteiger partial charge in [0, 0.05) is 17.0 Å². The molecule has 4 nitrogen and oxygen atoms in total. The Morgan fingerprint density at radius 3 is 2.56 bits per heavy atom. The smallest absolute Gasteiger partial charge is 0.341 e. The lowest BCUT2D eigenvalue weighted by Gasteiger charge is -2.30. The van der Waals surface area contributed by atoms with Gasteiger partial charge in [0.05, 0.1) is 7.11 Å². The summed E-state index contributed by atoms with van der Waals surface area (Å²) in [6, 6.07) is 6.17. The average Bonchev–Trinajstić information content (AvgIpc) is 2.93. The molecule has 2 aromatic rings. The lowest BCUT2D eigenvalue weighted by molar-refractivity contribution is 0.0603. The van der Waals surface area contributed by atoms with E-state index in [0.29, 0.717) is 10.6 Å². The zero-order valence-electron chi connectivity index (χ0n) is 14.5. The summed E-state index contributed by atoms with van der Waals surface area (Å²) >= 11 is 1.42. The molecule has 0 amide bonds. The third kappa shape index (κ3) is 3.85. The van der Waals surface area contributed by atoms with Crippen molar-refractivity contribution < 1.29 is 13.9 Å². The van der Waals surface area contributed by atoms with Crippen molar-refractivity contribution in [1.29, 1.82) is 0 Å². The molecule has 2 heterocycles. The van der Waals surface area contributed by atoms with Crippen molar-refractivity contribution in [3.63, 3.8) is 0 Å². The molecule has 0 unspecified atom stereocenters. The number of carbonyl (C=O) groups excluding carboxylic acids is 1. The van der Waals surface area contributed by atoms with Crippen LogP contribution in [0.5, 0.6) is 0 Å². The number of nitrogen functional groups attached to an aromatic ring is 1. The van der Waals surface area contributed by atoms with E-state index < -0.39 is 5.97 Å². The number of hydrogen-bond acceptors (Lipinski definition) is 5. The second-order valence-corrected chi connectivity index (χ2v) is 7.73. The summed E-state index contributed by atoms with van der Waals surface area (Å²) in [5.74, 6) is -0.00316. The molecule has 3 rings (SSSR count). The number of esters is 1. The molecule has 1 aromatic heterocycles. The van der Waals surface area contributed by atoms with E-state index >= 15 is 0 Å². The number of nitrogens with zero attached hydrogens (tertiary/aromatic N) is 1. The van der Waals surface area contributed by atoms with Gasteiger partial charge in [-0.3, -0.25) is 4.90 Å². The number of thiophene rings is 1. The molecule has 25 heavy (non-hydrogen) atoms. The van der Waals surface area contributed by atoms with Crippen LogP contribution in [0.2, 0.25) is 0 Å². The van der Waals surface area contributed by atoms with Crippen molar-refractivity contribution in [2.45, 2.75) is 26.3 Å². The van der Waals surface area contributed by atoms with Crippen LogP contribution in [0.1, 0.15) is 35.0 Å². The van der Waals surface area contributed by atoms with Crippen LogP contribution >= 0.6 is 11.3 Å². The molecule has 1 aromatic carbocycles. The van der Waals surface area contributed by atoms with Crippen LogP contribution in [0.4, 0.5) is 9.39 Å². The largest absolute Gasteiger partial charge is 0.465 e. The highest BCUT2D eigenvalue weighted by Crippen LogP contribution is 2.40. The highest BCUT2D eigenvalue weighted by atomic mass is 32.1. The summed E-state index contributed by atoms with van der Waals surface area (Å²) in [5.41, 5.74) is 8.09. The van der Waals surface area contributed by atoms with E-state index in [1.165, 1.54) is 43.4 Å². The van der Waals surface area contributed by atoms with Gasteiger partial charge in [-0.15, -0.1) is 11.3 Å². The third-order valence-electron chi connectivity index (χ3n) is 4.77. The number of anilines is 1. The highest BCUT2D eigenvalue weighted by Gasteiger charge is 2.26. The van der Waals surface area contributed by atoms with Crippen molar-refractivity contribution in [3.8, 4) is 11.1 Å². The summed E-state index contributed by atoms with van der Waals surface area (Å²) in [6.45, 7) is 5.09. The minimum absolute atomic E-state index is 0.307. The number of piperidine rings is 1. The lowest BCUT2D eigenvalue weighted by atomic mass is 9.98. The first-order valence-corrected chi connectivity index (χ1v) is 9.29. The molecule has 134 valence electrons. The minimum atomic E-state index is -0.452. The monoisotopic (exact) mass is 362 g/mol. The van der Waals surface area contributed by atoms with Crippen LogP contribution in [0.15, 0.2) is 24.3 Å². The van der Waals surface area contributed by atoms with Gasteiger partial charge < -0.3 is 10.5 Å². The predicted octanol–water partition coefficient (Wildman–Crippen LogP) is 4.15. The summed E-state index contributed by atoms with van der Waals surface area (Å²) in [7, 11) is 1.35. The second-order valence-electron chi connectivity index (χ2n) is 6.60. The maximum absolute atomic E-state index is 13.3. The number of nitrogens with two attached hydrogens (primary N) is 1. The quantitative estimate of drug-likeness (QED) is 0.830. The number of methoxy groups -OCH3 is 1. The number of hydrogen-bond donors (Lipinski definition) is 1. The van der Waals surface area contributed by atoms with Gasteiger partial charge in [-0.05, 0) is 49.5 Å². The lowest BCUT2D eigenvalue weighted by Crippen LogP contribution is -2.32. The molecule has 0 spiro atoms. The van der Waals surface area contributed by atoms with Crippen molar-refractivity contribution >= 4 is 22.3 Å². The van der Waals surface area contributed by atoms with Crippen LogP contribution in [0.25, 0.3) is 11.1 Å². The summed E-state index contributed by atoms with van der Waals surface area (Å²) in [4.78, 5) is 15.7. The molecule has 1 aliphatic heterocycles. The zero-order valence-corrected chi connectivity index (χ0v) is 15.4. The van der Waals surface area contributed by atoms with Gasteiger partial charge in [0.25, 0.3) is 0 Å². The molecule has 0 atom stereocenters. The van der Waals surface area contributed by atoms with Crippen molar-refractivity contribution in [3.05, 3.63) is 40.5 Å². The molecule has 1 fully saturated rings. The van der Waals surface area contributed by atoms with E-state index in [-0.39, 0.29) is 5.82 Å². The van der Waals surface area contributed by atoms with E-state index in [4.69, 9.17) is 10.5 Å². The van der Waals surface area contributed by atoms with E-state index in [1.54, 1.807) is 12.1 Å². The van der Waals surface area contributed by atoms with E-state index in [9.17, 15) is 9.18 Å². The van der Waals surface area contributed by atoms with Crippen LogP contribution in [-0.2, 0) is 11.3 Å². The number of ether oxygens (including phenoxy) is 1. The van der Waals surface area contributed by atoms with E-state index in [1.807, 2.05) is 0 Å². The van der Waals surface area contributed by atoms with Crippen LogP contribution < -0.4 is 5.73 Å². The first-order valence-electron chi connectivity index (χ1n) is 8.47. The van der Waals surface area contributed by atoms with Crippen LogP contribution in [-0.4, -0.2) is 31.1 Å². The molecule has 6 heteroatoms. The number of carbonyl (C=O) groups is 1. The molecule has 0 aliphatic carbocycles. The fourth-order valence-corrected chi connectivity index (χ4v) is 4.38. The maximum Gasteiger partial charge on any atom is 0.341 e. The molecule has 0 bridgehead atoms. The van der Waals surface area contributed by atoms with Gasteiger partial charge in [0.2, 0.25) is 0 Å². The van der Waals surface area contributed by atoms with E-state index in [0.717, 1.165) is 41.6 Å². The number of benzene rings is 1. The first-order chi connectivity index (χ1) is 12.0. The average molecular weight is 362 g/mol. The summed E-state index contributed by atoms with van der Waals surface area (Å²) < 4.78 is 18.2. The van der Waals surface area contributed by atoms with E-state index in [2.05, 4.69) is 11.8 Å². The Labute approximate surface area is 151 Å². The number of halogens is 1. The SMILES string of the molecule is COC(=O)c1c(N)sc(CN2CCC(C)CC2)c1-c1ccc(F)cc1. The Balaban J connectivity index is 1.99. The van der Waals surface area contributed by atoms with Gasteiger partial charge in [0.1, 0.15) is 16.4 Å². The molecule has 0 radical (unpaired) electrons. The Bertz CT molecular complexity index is 750. The van der Waals surface area contributed by atoms with Gasteiger partial charge in [0.15, 0.2) is 0 Å². The topological polar surface area (TPSA) is 55.6 Å². The Morgan fingerprint density at radius 1 is 1.32 bits per heavy atom. The van der Waals surface area contributed by atoms with Gasteiger partial charge in [-0.1, -0.05) is 19.1 Å². The summed E-state index contributed by atoms with van der Waals surface area (Å²) in [5, 5.41) is 0.451. The number of likely N-dealkylation sites (tertiary alicyclic amines) is 1. The maximum atomic E-state index is 13.3. The molecule has 0 saturated carbocycles. The Hall–Kier alpha value is -1.92. The normalized spacial score (nSPS) is 16.1. The minimum Gasteiger partial charge on any atom is -0.465 e. The zero-order chi connectivity index (χ0) is 18.0. The first kappa shape index (κ1) is 17.9. The van der Waals surface area contributed by atoms with Crippen LogP contribution in [0.3, 0.4) is 0 Å². The van der Waals surface area contributed by atoms with Crippen molar-refractivity contribution in [2.24, 2.45) is 5.92 Å². The molecule has 1 aliphatic rings. The molecular weight excluding hydrogens is 339 g/mol. The fraction of sp³-hybridized carbons (Fsp3) is 0.421. The van der Waals surface area contributed by atoms with Crippen molar-refractivity contribution in [1.82, 2.24) is 4.90 Å². The standard InChI is InChI=1S/C19H23FN2O2S/c1-12-7-9-22(10-8-12)11-15-16(13-3-5-14(20)6-4-13)17(18(21)25-15)19(23)24-2/h3-6,12H,7-11,21H2,1-2H3. The van der Waals surface area contributed by atoms with Crippen LogP contribution in [0, 0.1) is 11.7 Å². The third-order valence-corrected chi connectivity index (χ3v) is 5.78. The van der Waals surface area contributed by atoms with Gasteiger partial charge in [-0.2, -0.15) is 0 Å².